The number of Topliss-reactive ketones (excluding diaryl/α,β-unsaturated/α-hetero) is 1. The van der Waals surface area contributed by atoms with Crippen LogP contribution in [0, 0.1) is 17.8 Å². The second kappa shape index (κ2) is 5.14. The first kappa shape index (κ1) is 11.2. The van der Waals surface area contributed by atoms with E-state index in [1.54, 1.807) is 0 Å². The molecule has 2 fully saturated rings. The maximum Gasteiger partial charge on any atom is 0.132 e. The molecule has 0 aliphatic heterocycles. The predicted octanol–water partition coefficient (Wildman–Crippen LogP) is 3.96. The Balaban J connectivity index is 1.70. The van der Waals surface area contributed by atoms with Gasteiger partial charge in [-0.25, -0.2) is 0 Å². The number of ketones is 1. The van der Waals surface area contributed by atoms with Gasteiger partial charge >= 0.3 is 0 Å². The third-order valence-electron chi connectivity index (χ3n) is 4.46. The van der Waals surface area contributed by atoms with Crippen molar-refractivity contribution in [2.75, 3.05) is 0 Å². The summed E-state index contributed by atoms with van der Waals surface area (Å²) in [5, 5.41) is 0. The van der Waals surface area contributed by atoms with Crippen LogP contribution >= 0.6 is 0 Å². The minimum Gasteiger partial charge on any atom is -0.300 e. The van der Waals surface area contributed by atoms with Gasteiger partial charge < -0.3 is 0 Å². The van der Waals surface area contributed by atoms with Gasteiger partial charge in [-0.05, 0) is 37.0 Å². The molecule has 0 unspecified atom stereocenters. The third kappa shape index (κ3) is 3.32. The minimum atomic E-state index is 0.503. The summed E-state index contributed by atoms with van der Waals surface area (Å²) < 4.78 is 0. The molecule has 0 amide bonds. The van der Waals surface area contributed by atoms with Gasteiger partial charge in [0.2, 0.25) is 0 Å². The molecule has 2 rings (SSSR count). The Morgan fingerprint density at radius 3 is 2.07 bits per heavy atom. The number of carbonyl (C=O) groups excluding carboxylic acids is 1. The fourth-order valence-corrected chi connectivity index (χ4v) is 3.27. The largest absolute Gasteiger partial charge is 0.300 e. The summed E-state index contributed by atoms with van der Waals surface area (Å²) in [5.41, 5.74) is 0. The van der Waals surface area contributed by atoms with Crippen molar-refractivity contribution in [3.05, 3.63) is 0 Å². The van der Waals surface area contributed by atoms with E-state index < -0.39 is 0 Å². The number of carbonyl (C=O) groups is 1. The molecular formula is C14H24O. The van der Waals surface area contributed by atoms with Crippen LogP contribution in [0.5, 0.6) is 0 Å². The maximum atomic E-state index is 11.1. The summed E-state index contributed by atoms with van der Waals surface area (Å²) in [5.74, 6) is 3.33. The summed E-state index contributed by atoms with van der Waals surface area (Å²) in [4.78, 5) is 11.1. The van der Waals surface area contributed by atoms with Gasteiger partial charge in [0.1, 0.15) is 5.78 Å². The van der Waals surface area contributed by atoms with Crippen molar-refractivity contribution < 1.29 is 4.79 Å². The molecule has 1 nitrogen and oxygen atoms in total. The second-order valence-corrected chi connectivity index (χ2v) is 5.84. The Labute approximate surface area is 93.6 Å². The molecule has 2 saturated carbocycles. The van der Waals surface area contributed by atoms with E-state index in [-0.39, 0.29) is 0 Å². The van der Waals surface area contributed by atoms with Crippen LogP contribution in [0.1, 0.15) is 64.7 Å². The fourth-order valence-electron chi connectivity index (χ4n) is 3.27. The van der Waals surface area contributed by atoms with Gasteiger partial charge in [-0.2, -0.15) is 0 Å². The molecule has 0 aromatic carbocycles. The molecule has 0 bridgehead atoms. The summed E-state index contributed by atoms with van der Waals surface area (Å²) in [7, 11) is 0. The van der Waals surface area contributed by atoms with E-state index in [0.717, 1.165) is 30.6 Å². The lowest BCUT2D eigenvalue weighted by Gasteiger charge is -2.30. The zero-order valence-corrected chi connectivity index (χ0v) is 10.0. The van der Waals surface area contributed by atoms with Crippen molar-refractivity contribution in [1.82, 2.24) is 0 Å². The monoisotopic (exact) mass is 208 g/mol. The van der Waals surface area contributed by atoms with Crippen molar-refractivity contribution in [2.45, 2.75) is 64.7 Å². The van der Waals surface area contributed by atoms with Crippen molar-refractivity contribution in [3.8, 4) is 0 Å². The molecule has 0 N–H and O–H groups in total. The van der Waals surface area contributed by atoms with Crippen LogP contribution < -0.4 is 0 Å². The lowest BCUT2D eigenvalue weighted by Crippen LogP contribution is -2.20. The number of hydrogen-bond acceptors (Lipinski definition) is 1. The van der Waals surface area contributed by atoms with Crippen LogP contribution in [0.25, 0.3) is 0 Å². The van der Waals surface area contributed by atoms with Crippen LogP contribution in [0.3, 0.4) is 0 Å². The first-order valence-electron chi connectivity index (χ1n) is 6.75. The maximum absolute atomic E-state index is 11.1. The van der Waals surface area contributed by atoms with Gasteiger partial charge in [0.25, 0.3) is 0 Å². The fraction of sp³-hybridized carbons (Fsp3) is 0.929. The third-order valence-corrected chi connectivity index (χ3v) is 4.46. The van der Waals surface area contributed by atoms with E-state index in [9.17, 15) is 4.79 Å². The summed E-state index contributed by atoms with van der Waals surface area (Å²) >= 11 is 0. The van der Waals surface area contributed by atoms with Crippen LogP contribution in [0.15, 0.2) is 0 Å². The molecule has 2 aliphatic carbocycles. The van der Waals surface area contributed by atoms with Crippen LogP contribution in [0.4, 0.5) is 0 Å². The molecule has 0 aromatic heterocycles. The highest BCUT2D eigenvalue weighted by Crippen LogP contribution is 2.36. The van der Waals surface area contributed by atoms with Gasteiger partial charge in [0.05, 0.1) is 0 Å². The standard InChI is InChI=1S/C14H24O/c1-11-2-4-12(5-3-11)10-13-6-8-14(15)9-7-13/h11-13H,2-10H2,1H3. The quantitative estimate of drug-likeness (QED) is 0.671. The molecule has 0 radical (unpaired) electrons. The molecule has 0 saturated heterocycles. The number of rotatable bonds is 2. The Morgan fingerprint density at radius 1 is 0.933 bits per heavy atom. The minimum absolute atomic E-state index is 0.503. The topological polar surface area (TPSA) is 17.1 Å². The summed E-state index contributed by atoms with van der Waals surface area (Å²) in [6, 6.07) is 0. The first-order valence-corrected chi connectivity index (χ1v) is 6.75. The van der Waals surface area contributed by atoms with Gasteiger partial charge in [0, 0.05) is 12.8 Å². The summed E-state index contributed by atoms with van der Waals surface area (Å²) in [6.45, 7) is 2.38. The van der Waals surface area contributed by atoms with E-state index in [1.807, 2.05) is 0 Å². The Hall–Kier alpha value is -0.330. The molecule has 2 aliphatic rings. The van der Waals surface area contributed by atoms with E-state index in [4.69, 9.17) is 0 Å². The highest BCUT2D eigenvalue weighted by atomic mass is 16.1. The van der Waals surface area contributed by atoms with Crippen molar-refractivity contribution >= 4 is 5.78 Å². The van der Waals surface area contributed by atoms with E-state index in [1.165, 1.54) is 44.9 Å². The number of hydrogen-bond donors (Lipinski definition) is 0. The van der Waals surface area contributed by atoms with Gasteiger partial charge in [0.15, 0.2) is 0 Å². The molecule has 15 heavy (non-hydrogen) atoms. The van der Waals surface area contributed by atoms with Crippen molar-refractivity contribution in [1.29, 1.82) is 0 Å². The summed E-state index contributed by atoms with van der Waals surface area (Å²) in [6.07, 6.45) is 11.3. The average molecular weight is 208 g/mol. The molecule has 0 atom stereocenters. The zero-order valence-electron chi connectivity index (χ0n) is 10.0. The van der Waals surface area contributed by atoms with E-state index in [0.29, 0.717) is 5.78 Å². The Morgan fingerprint density at radius 2 is 1.47 bits per heavy atom. The van der Waals surface area contributed by atoms with Gasteiger partial charge in [-0.15, -0.1) is 0 Å². The molecule has 86 valence electrons. The lowest BCUT2D eigenvalue weighted by atomic mass is 9.75. The molecular weight excluding hydrogens is 184 g/mol. The van der Waals surface area contributed by atoms with Crippen LogP contribution in [-0.4, -0.2) is 5.78 Å². The Bertz CT molecular complexity index is 203. The molecule has 0 heterocycles. The molecule has 1 heteroatoms. The molecule has 0 spiro atoms. The van der Waals surface area contributed by atoms with Crippen molar-refractivity contribution in [3.63, 3.8) is 0 Å². The molecule has 0 aromatic rings. The van der Waals surface area contributed by atoms with E-state index >= 15 is 0 Å². The van der Waals surface area contributed by atoms with Gasteiger partial charge in [-0.1, -0.05) is 32.6 Å². The van der Waals surface area contributed by atoms with Crippen LogP contribution in [0.2, 0.25) is 0 Å². The lowest BCUT2D eigenvalue weighted by molar-refractivity contribution is -0.121. The highest BCUT2D eigenvalue weighted by Gasteiger charge is 2.24. The average Bonchev–Trinajstić information content (AvgIpc) is 2.25. The van der Waals surface area contributed by atoms with Crippen LogP contribution in [-0.2, 0) is 4.79 Å². The van der Waals surface area contributed by atoms with E-state index in [2.05, 4.69) is 6.92 Å². The predicted molar refractivity (Wildman–Crippen MR) is 62.7 cm³/mol. The van der Waals surface area contributed by atoms with Gasteiger partial charge in [-0.3, -0.25) is 4.79 Å². The smallest absolute Gasteiger partial charge is 0.132 e. The highest BCUT2D eigenvalue weighted by molar-refractivity contribution is 5.78. The first-order chi connectivity index (χ1) is 7.24. The SMILES string of the molecule is CC1CCC(CC2CCC(=O)CC2)CC1. The normalized spacial score (nSPS) is 34.3. The second-order valence-electron chi connectivity index (χ2n) is 5.84. The zero-order chi connectivity index (χ0) is 10.7. The Kier molecular flexibility index (Phi) is 3.82. The van der Waals surface area contributed by atoms with Crippen molar-refractivity contribution in [2.24, 2.45) is 17.8 Å².